The number of aromatic nitrogens is 1. The smallest absolute Gasteiger partial charge is 0.243 e. The van der Waals surface area contributed by atoms with Crippen LogP contribution < -0.4 is 10.6 Å². The van der Waals surface area contributed by atoms with Crippen LogP contribution >= 0.6 is 11.6 Å². The summed E-state index contributed by atoms with van der Waals surface area (Å²) in [6.07, 6.45) is 10.2. The number of nitrogens with one attached hydrogen (secondary N) is 2. The Balaban J connectivity index is 1.17. The minimum atomic E-state index is -0.983. The van der Waals surface area contributed by atoms with E-state index in [0.717, 1.165) is 47.9 Å². The Labute approximate surface area is 248 Å². The molecule has 9 heteroatoms. The maximum absolute atomic E-state index is 14.5. The summed E-state index contributed by atoms with van der Waals surface area (Å²) in [4.78, 5) is 33.2. The molecule has 2 spiro atoms. The van der Waals surface area contributed by atoms with E-state index >= 15 is 0 Å². The zero-order valence-corrected chi connectivity index (χ0v) is 24.0. The zero-order valence-electron chi connectivity index (χ0n) is 23.3. The molecule has 2 aliphatic carbocycles. The number of carbonyl (C=O) groups is 2. The summed E-state index contributed by atoms with van der Waals surface area (Å²) in [5.41, 5.74) is 2.24. The van der Waals surface area contributed by atoms with Gasteiger partial charge in [0, 0.05) is 24.8 Å². The molecule has 2 amide bonds. The molecule has 4 aliphatic rings. The average molecular weight is 589 g/mol. The molecule has 7 rings (SSSR count). The van der Waals surface area contributed by atoms with Crippen molar-refractivity contribution in [2.75, 3.05) is 18.4 Å². The Hall–Kier alpha value is -3.62. The van der Waals surface area contributed by atoms with Gasteiger partial charge < -0.3 is 15.5 Å². The first kappa shape index (κ1) is 27.2. The van der Waals surface area contributed by atoms with Crippen LogP contribution in [0.3, 0.4) is 0 Å². The van der Waals surface area contributed by atoms with Crippen molar-refractivity contribution in [2.45, 2.75) is 61.9 Å². The Kier molecular flexibility index (Phi) is 6.29. The maximum atomic E-state index is 14.5. The van der Waals surface area contributed by atoms with Crippen molar-refractivity contribution in [3.63, 3.8) is 0 Å². The molecule has 0 bridgehead atoms. The van der Waals surface area contributed by atoms with Gasteiger partial charge in [-0.15, -0.1) is 0 Å². The van der Waals surface area contributed by atoms with E-state index in [0.29, 0.717) is 30.8 Å². The maximum Gasteiger partial charge on any atom is 0.243 e. The molecule has 1 saturated heterocycles. The SMILES string of the molecule is C[C@@]1(c2cc(F)c(Cl)c(F)c2)CNC2(CCCC2)C(=O)N1CC=Cc1ccc2c(c1)C[C@@]1(C2)C(=O)Nc2ncccc21. The van der Waals surface area contributed by atoms with Gasteiger partial charge in [0.1, 0.15) is 22.5 Å². The number of hydrogen-bond donors (Lipinski definition) is 2. The summed E-state index contributed by atoms with van der Waals surface area (Å²) < 4.78 is 29.1. The third-order valence-corrected chi connectivity index (χ3v) is 10.2. The van der Waals surface area contributed by atoms with Crippen molar-refractivity contribution < 1.29 is 18.4 Å². The highest BCUT2D eigenvalue weighted by Crippen LogP contribution is 2.47. The molecule has 2 aliphatic heterocycles. The van der Waals surface area contributed by atoms with Gasteiger partial charge in [-0.25, -0.2) is 13.8 Å². The first-order valence-corrected chi connectivity index (χ1v) is 14.8. The van der Waals surface area contributed by atoms with E-state index in [9.17, 15) is 18.4 Å². The van der Waals surface area contributed by atoms with Crippen molar-refractivity contribution in [1.29, 1.82) is 0 Å². The Bertz CT molecular complexity index is 1650. The van der Waals surface area contributed by atoms with Crippen LogP contribution in [-0.2, 0) is 33.4 Å². The third kappa shape index (κ3) is 4.02. The van der Waals surface area contributed by atoms with E-state index in [1.807, 2.05) is 37.3 Å². The Morgan fingerprint density at radius 3 is 2.55 bits per heavy atom. The van der Waals surface area contributed by atoms with Gasteiger partial charge in [0.15, 0.2) is 0 Å². The standard InChI is InChI=1S/C33H31ClF2N4O2/c1-31(23-15-25(35)27(34)26(36)16-23)19-38-33(10-2-3-11-33)30(42)40(31)13-5-6-20-8-9-21-17-32(18-22(21)14-20)24-7-4-12-37-28(24)39-29(32)41/h4-9,12,14-16,38H,2-3,10-11,13,17-19H2,1H3,(H,37,39,41)/t31-,32+/m0/s1. The molecule has 3 aromatic rings. The van der Waals surface area contributed by atoms with Gasteiger partial charge in [-0.2, -0.15) is 0 Å². The summed E-state index contributed by atoms with van der Waals surface area (Å²) in [6.45, 7) is 2.48. The number of amides is 2. The molecule has 2 fully saturated rings. The van der Waals surface area contributed by atoms with Crippen LogP contribution in [-0.4, -0.2) is 40.3 Å². The van der Waals surface area contributed by atoms with Crippen LogP contribution in [0, 0.1) is 11.6 Å². The van der Waals surface area contributed by atoms with E-state index in [1.54, 1.807) is 11.1 Å². The van der Waals surface area contributed by atoms with Gasteiger partial charge in [0.05, 0.1) is 16.5 Å². The molecule has 0 unspecified atom stereocenters. The van der Waals surface area contributed by atoms with Crippen molar-refractivity contribution in [3.05, 3.63) is 99.2 Å². The molecule has 6 nitrogen and oxygen atoms in total. The number of nitrogens with zero attached hydrogens (tertiary/aromatic N) is 2. The number of piperazine rings is 1. The van der Waals surface area contributed by atoms with Crippen molar-refractivity contribution in [3.8, 4) is 0 Å². The van der Waals surface area contributed by atoms with Gasteiger partial charge >= 0.3 is 0 Å². The molecular weight excluding hydrogens is 558 g/mol. The zero-order chi connectivity index (χ0) is 29.3. The van der Waals surface area contributed by atoms with Gasteiger partial charge in [0.25, 0.3) is 0 Å². The number of hydrogen-bond acceptors (Lipinski definition) is 4. The lowest BCUT2D eigenvalue weighted by Gasteiger charge is -2.51. The second-order valence-electron chi connectivity index (χ2n) is 12.3. The van der Waals surface area contributed by atoms with Crippen LogP contribution in [0.15, 0.2) is 54.7 Å². The lowest BCUT2D eigenvalue weighted by atomic mass is 9.79. The molecule has 0 radical (unpaired) electrons. The fourth-order valence-corrected chi connectivity index (χ4v) is 7.57. The lowest BCUT2D eigenvalue weighted by Crippen LogP contribution is -2.70. The predicted molar refractivity (Wildman–Crippen MR) is 157 cm³/mol. The lowest BCUT2D eigenvalue weighted by molar-refractivity contribution is -0.149. The molecule has 1 saturated carbocycles. The highest BCUT2D eigenvalue weighted by molar-refractivity contribution is 6.30. The number of pyridine rings is 1. The average Bonchev–Trinajstić information content (AvgIpc) is 3.68. The van der Waals surface area contributed by atoms with E-state index in [1.165, 1.54) is 12.1 Å². The van der Waals surface area contributed by atoms with E-state index in [4.69, 9.17) is 11.6 Å². The van der Waals surface area contributed by atoms with Crippen molar-refractivity contribution in [1.82, 2.24) is 15.2 Å². The van der Waals surface area contributed by atoms with Crippen LogP contribution in [0.1, 0.15) is 60.4 Å². The fraction of sp³-hybridized carbons (Fsp3) is 0.364. The number of carbonyl (C=O) groups excluding carboxylic acids is 2. The number of benzene rings is 2. The normalized spacial score (nSPS) is 26.0. The van der Waals surface area contributed by atoms with E-state index in [-0.39, 0.29) is 18.4 Å². The summed E-state index contributed by atoms with van der Waals surface area (Å²) in [6, 6.07) is 12.5. The largest absolute Gasteiger partial charge is 0.327 e. The Morgan fingerprint density at radius 2 is 1.79 bits per heavy atom. The van der Waals surface area contributed by atoms with Gasteiger partial charge in [-0.05, 0) is 73.1 Å². The molecular formula is C33H31ClF2N4O2. The van der Waals surface area contributed by atoms with Gasteiger partial charge in [-0.3, -0.25) is 9.59 Å². The summed E-state index contributed by atoms with van der Waals surface area (Å²) in [5.74, 6) is -1.12. The summed E-state index contributed by atoms with van der Waals surface area (Å²) >= 11 is 5.78. The molecule has 2 atom stereocenters. The minimum absolute atomic E-state index is 0.0167. The monoisotopic (exact) mass is 588 g/mol. The van der Waals surface area contributed by atoms with E-state index < -0.39 is 33.1 Å². The second kappa shape index (κ2) is 9.71. The minimum Gasteiger partial charge on any atom is -0.327 e. The van der Waals surface area contributed by atoms with Crippen LogP contribution in [0.4, 0.5) is 14.6 Å². The van der Waals surface area contributed by atoms with Gasteiger partial charge in [-0.1, -0.05) is 60.9 Å². The molecule has 2 aromatic carbocycles. The fourth-order valence-electron chi connectivity index (χ4n) is 7.46. The molecule has 42 heavy (non-hydrogen) atoms. The highest BCUT2D eigenvalue weighted by atomic mass is 35.5. The number of fused-ring (bicyclic) bond motifs is 3. The number of anilines is 1. The quantitative estimate of drug-likeness (QED) is 0.385. The van der Waals surface area contributed by atoms with Crippen molar-refractivity contribution in [2.24, 2.45) is 0 Å². The van der Waals surface area contributed by atoms with Crippen molar-refractivity contribution >= 4 is 35.3 Å². The first-order chi connectivity index (χ1) is 20.2. The molecule has 3 heterocycles. The number of rotatable bonds is 4. The summed E-state index contributed by atoms with van der Waals surface area (Å²) in [5, 5.41) is 5.85. The van der Waals surface area contributed by atoms with Crippen LogP contribution in [0.2, 0.25) is 5.02 Å². The number of halogens is 3. The molecule has 216 valence electrons. The van der Waals surface area contributed by atoms with Gasteiger partial charge in [0.2, 0.25) is 11.8 Å². The third-order valence-electron chi connectivity index (χ3n) is 9.89. The van der Waals surface area contributed by atoms with E-state index in [2.05, 4.69) is 27.8 Å². The molecule has 2 N–H and O–H groups in total. The highest BCUT2D eigenvalue weighted by Gasteiger charge is 2.53. The molecule has 1 aromatic heterocycles. The predicted octanol–water partition coefficient (Wildman–Crippen LogP) is 5.68. The summed E-state index contributed by atoms with van der Waals surface area (Å²) in [7, 11) is 0. The van der Waals surface area contributed by atoms with Crippen LogP contribution in [0.25, 0.3) is 6.08 Å². The first-order valence-electron chi connectivity index (χ1n) is 14.4. The topological polar surface area (TPSA) is 74.3 Å². The van der Waals surface area contributed by atoms with Crippen LogP contribution in [0.5, 0.6) is 0 Å². The second-order valence-corrected chi connectivity index (χ2v) is 12.7. The Morgan fingerprint density at radius 1 is 1.05 bits per heavy atom.